The second-order valence-corrected chi connectivity index (χ2v) is 5.10. The number of phenolic OH excluding ortho intramolecular Hbond substituents is 1. The lowest BCUT2D eigenvalue weighted by molar-refractivity contribution is -0.386. The van der Waals surface area contributed by atoms with E-state index in [0.717, 1.165) is 18.4 Å². The molecular weight excluding hydrogens is 276 g/mol. The van der Waals surface area contributed by atoms with Crippen LogP contribution in [-0.4, -0.2) is 15.6 Å². The van der Waals surface area contributed by atoms with E-state index in [4.69, 9.17) is 5.73 Å². The molecule has 2 rings (SSSR count). The van der Waals surface area contributed by atoms with E-state index in [1.54, 1.807) is 6.07 Å². The van der Waals surface area contributed by atoms with Crippen molar-refractivity contribution >= 4 is 21.6 Å². The van der Waals surface area contributed by atoms with E-state index >= 15 is 0 Å². The van der Waals surface area contributed by atoms with Gasteiger partial charge in [0.25, 0.3) is 0 Å². The van der Waals surface area contributed by atoms with Crippen molar-refractivity contribution in [1.82, 2.24) is 0 Å². The Hall–Kier alpha value is -1.14. The summed E-state index contributed by atoms with van der Waals surface area (Å²) < 4.78 is 0.334. The fraction of sp³-hybridized carbons (Fsp3) is 0.400. The van der Waals surface area contributed by atoms with E-state index in [1.165, 1.54) is 6.07 Å². The number of aromatic hydroxyl groups is 1. The Morgan fingerprint density at radius 1 is 1.56 bits per heavy atom. The Balaban J connectivity index is 2.36. The molecule has 0 saturated heterocycles. The van der Waals surface area contributed by atoms with Crippen LogP contribution in [0.2, 0.25) is 0 Å². The third-order valence-electron chi connectivity index (χ3n) is 2.75. The molecule has 5 nitrogen and oxygen atoms in total. The van der Waals surface area contributed by atoms with E-state index in [1.807, 2.05) is 0 Å². The topological polar surface area (TPSA) is 89.4 Å². The van der Waals surface area contributed by atoms with E-state index < -0.39 is 4.92 Å². The second kappa shape index (κ2) is 3.71. The molecule has 86 valence electrons. The van der Waals surface area contributed by atoms with Gasteiger partial charge < -0.3 is 10.8 Å². The van der Waals surface area contributed by atoms with Gasteiger partial charge in [0.05, 0.1) is 9.40 Å². The molecule has 0 radical (unpaired) electrons. The maximum Gasteiger partial charge on any atom is 0.312 e. The molecule has 0 amide bonds. The summed E-state index contributed by atoms with van der Waals surface area (Å²) in [6.07, 6.45) is 2.49. The minimum atomic E-state index is -0.598. The lowest BCUT2D eigenvalue weighted by Gasteiger charge is -2.09. The summed E-state index contributed by atoms with van der Waals surface area (Å²) in [6, 6.07) is 3.06. The van der Waals surface area contributed by atoms with E-state index in [-0.39, 0.29) is 17.0 Å². The number of phenols is 1. The monoisotopic (exact) mass is 286 g/mol. The Labute approximate surface area is 101 Å². The van der Waals surface area contributed by atoms with Gasteiger partial charge >= 0.3 is 5.69 Å². The van der Waals surface area contributed by atoms with Gasteiger partial charge in [0.2, 0.25) is 5.75 Å². The lowest BCUT2D eigenvalue weighted by atomic mass is 10.0. The van der Waals surface area contributed by atoms with Crippen LogP contribution in [0, 0.1) is 10.1 Å². The van der Waals surface area contributed by atoms with Gasteiger partial charge in [-0.3, -0.25) is 10.1 Å². The highest BCUT2D eigenvalue weighted by Crippen LogP contribution is 2.40. The molecule has 1 aliphatic carbocycles. The van der Waals surface area contributed by atoms with Crippen molar-refractivity contribution in [1.29, 1.82) is 0 Å². The van der Waals surface area contributed by atoms with Gasteiger partial charge in [0, 0.05) is 11.6 Å². The lowest BCUT2D eigenvalue weighted by Crippen LogP contribution is -2.24. The van der Waals surface area contributed by atoms with Gasteiger partial charge in [-0.2, -0.15) is 0 Å². The molecule has 0 aliphatic heterocycles. The molecule has 6 heteroatoms. The number of nitrogens with zero attached hydrogens (tertiary/aromatic N) is 1. The van der Waals surface area contributed by atoms with Gasteiger partial charge in [-0.25, -0.2) is 0 Å². The van der Waals surface area contributed by atoms with Crippen molar-refractivity contribution < 1.29 is 10.0 Å². The first-order valence-corrected chi connectivity index (χ1v) is 5.65. The Morgan fingerprint density at radius 2 is 2.19 bits per heavy atom. The first-order valence-electron chi connectivity index (χ1n) is 4.86. The first kappa shape index (κ1) is 11.3. The smallest absolute Gasteiger partial charge is 0.312 e. The molecule has 16 heavy (non-hydrogen) atoms. The molecule has 1 aromatic rings. The highest BCUT2D eigenvalue weighted by molar-refractivity contribution is 9.10. The van der Waals surface area contributed by atoms with Crippen LogP contribution in [0.4, 0.5) is 5.69 Å². The standard InChI is InChI=1S/C10H11BrN2O3/c11-7-3-6(5-10(12)1-2-10)4-8(9(7)14)13(15)16/h3-4,14H,1-2,5,12H2. The summed E-state index contributed by atoms with van der Waals surface area (Å²) in [4.78, 5) is 10.1. The predicted octanol–water partition coefficient (Wildman–Crippen LogP) is 2.10. The molecular formula is C10H11BrN2O3. The molecule has 1 aromatic carbocycles. The van der Waals surface area contributed by atoms with Crippen LogP contribution in [0.1, 0.15) is 18.4 Å². The SMILES string of the molecule is NC1(Cc2cc(Br)c(O)c([N+](=O)[O-])c2)CC1. The first-order chi connectivity index (χ1) is 7.41. The van der Waals surface area contributed by atoms with Crippen molar-refractivity contribution in [2.24, 2.45) is 5.73 Å². The number of halogens is 1. The minimum Gasteiger partial charge on any atom is -0.501 e. The predicted molar refractivity (Wildman–Crippen MR) is 62.3 cm³/mol. The molecule has 1 fully saturated rings. The average Bonchev–Trinajstić information content (AvgIpc) is 2.89. The molecule has 1 aliphatic rings. The maximum atomic E-state index is 10.7. The molecule has 1 saturated carbocycles. The normalized spacial score (nSPS) is 17.1. The summed E-state index contributed by atoms with van der Waals surface area (Å²) >= 11 is 3.10. The zero-order chi connectivity index (χ0) is 11.9. The number of rotatable bonds is 3. The van der Waals surface area contributed by atoms with Crippen LogP contribution in [0.25, 0.3) is 0 Å². The second-order valence-electron chi connectivity index (χ2n) is 4.24. The summed E-state index contributed by atoms with van der Waals surface area (Å²) in [5.74, 6) is -0.337. The van der Waals surface area contributed by atoms with Gasteiger partial charge in [-0.15, -0.1) is 0 Å². The molecule has 0 atom stereocenters. The molecule has 0 spiro atoms. The molecule has 0 bridgehead atoms. The van der Waals surface area contributed by atoms with Crippen LogP contribution in [0.15, 0.2) is 16.6 Å². The third-order valence-corrected chi connectivity index (χ3v) is 3.35. The maximum absolute atomic E-state index is 10.7. The number of nitrogens with two attached hydrogens (primary N) is 1. The zero-order valence-corrected chi connectivity index (χ0v) is 10.0. The van der Waals surface area contributed by atoms with Crippen molar-refractivity contribution in [2.45, 2.75) is 24.8 Å². The van der Waals surface area contributed by atoms with Crippen LogP contribution >= 0.6 is 15.9 Å². The largest absolute Gasteiger partial charge is 0.501 e. The number of benzene rings is 1. The van der Waals surface area contributed by atoms with Crippen LogP contribution in [-0.2, 0) is 6.42 Å². The highest BCUT2D eigenvalue weighted by Gasteiger charge is 2.38. The Morgan fingerprint density at radius 3 is 2.69 bits per heavy atom. The number of hydrogen-bond acceptors (Lipinski definition) is 4. The van der Waals surface area contributed by atoms with Crippen LogP contribution in [0.3, 0.4) is 0 Å². The van der Waals surface area contributed by atoms with Crippen LogP contribution in [0.5, 0.6) is 5.75 Å². The average molecular weight is 287 g/mol. The molecule has 3 N–H and O–H groups in total. The van der Waals surface area contributed by atoms with Gasteiger partial charge in [-0.05, 0) is 46.8 Å². The molecule has 0 unspecified atom stereocenters. The fourth-order valence-corrected chi connectivity index (χ4v) is 2.12. The fourth-order valence-electron chi connectivity index (χ4n) is 1.62. The zero-order valence-electron chi connectivity index (χ0n) is 8.44. The van der Waals surface area contributed by atoms with Crippen molar-refractivity contribution in [2.75, 3.05) is 0 Å². The van der Waals surface area contributed by atoms with Crippen molar-refractivity contribution in [3.8, 4) is 5.75 Å². The van der Waals surface area contributed by atoms with Crippen LogP contribution < -0.4 is 5.73 Å². The number of nitro groups is 1. The van der Waals surface area contributed by atoms with E-state index in [2.05, 4.69) is 15.9 Å². The van der Waals surface area contributed by atoms with Gasteiger partial charge in [0.15, 0.2) is 0 Å². The highest BCUT2D eigenvalue weighted by atomic mass is 79.9. The molecule has 0 heterocycles. The van der Waals surface area contributed by atoms with Gasteiger partial charge in [0.1, 0.15) is 0 Å². The summed E-state index contributed by atoms with van der Waals surface area (Å²) in [6.45, 7) is 0. The van der Waals surface area contributed by atoms with E-state index in [0.29, 0.717) is 10.9 Å². The minimum absolute atomic E-state index is 0.204. The summed E-state index contributed by atoms with van der Waals surface area (Å²) in [5.41, 5.74) is 6.23. The summed E-state index contributed by atoms with van der Waals surface area (Å²) in [7, 11) is 0. The van der Waals surface area contributed by atoms with E-state index in [9.17, 15) is 15.2 Å². The number of nitro benzene ring substituents is 1. The Kier molecular flexibility index (Phi) is 2.63. The van der Waals surface area contributed by atoms with Crippen molar-refractivity contribution in [3.63, 3.8) is 0 Å². The Bertz CT molecular complexity index is 458. The third kappa shape index (κ3) is 2.17. The quantitative estimate of drug-likeness (QED) is 0.658. The summed E-state index contributed by atoms with van der Waals surface area (Å²) in [5, 5.41) is 20.2. The molecule has 0 aromatic heterocycles. The number of hydrogen-bond donors (Lipinski definition) is 2. The van der Waals surface area contributed by atoms with Crippen molar-refractivity contribution in [3.05, 3.63) is 32.3 Å². The van der Waals surface area contributed by atoms with Gasteiger partial charge in [-0.1, -0.05) is 0 Å².